The normalized spacial score (nSPS) is 13.3. The Balaban J connectivity index is 1.63. The van der Waals surface area contributed by atoms with Crippen LogP contribution in [0.5, 0.6) is 5.88 Å². The van der Waals surface area contributed by atoms with Crippen LogP contribution in [-0.4, -0.2) is 68.4 Å². The van der Waals surface area contributed by atoms with Gasteiger partial charge in [0.25, 0.3) is 11.8 Å². The Morgan fingerprint density at radius 1 is 1.17 bits per heavy atom. The van der Waals surface area contributed by atoms with Crippen LogP contribution in [0.1, 0.15) is 66.6 Å². The van der Waals surface area contributed by atoms with Crippen LogP contribution in [0.25, 0.3) is 5.82 Å². The molecular formula is C29H32ClN7O5. The van der Waals surface area contributed by atoms with Gasteiger partial charge in [-0.05, 0) is 71.4 Å². The van der Waals surface area contributed by atoms with Gasteiger partial charge in [0.15, 0.2) is 5.82 Å². The fourth-order valence-electron chi connectivity index (χ4n) is 4.15. The molecule has 3 aromatic rings. The van der Waals surface area contributed by atoms with Gasteiger partial charge in [-0.2, -0.15) is 5.26 Å². The number of aryl methyl sites for hydroxylation is 1. The van der Waals surface area contributed by atoms with Gasteiger partial charge in [0, 0.05) is 18.3 Å². The lowest BCUT2D eigenvalue weighted by molar-refractivity contribution is -0.0233. The lowest BCUT2D eigenvalue weighted by atomic mass is 10.0. The first-order valence-corrected chi connectivity index (χ1v) is 13.7. The van der Waals surface area contributed by atoms with Gasteiger partial charge in [0.2, 0.25) is 5.88 Å². The van der Waals surface area contributed by atoms with Gasteiger partial charge < -0.3 is 25.0 Å². The molecule has 0 atom stereocenters. The van der Waals surface area contributed by atoms with E-state index in [9.17, 15) is 19.6 Å². The Morgan fingerprint density at radius 2 is 1.88 bits per heavy atom. The first-order valence-electron chi connectivity index (χ1n) is 13.3. The first-order chi connectivity index (χ1) is 19.8. The van der Waals surface area contributed by atoms with Gasteiger partial charge in [-0.3, -0.25) is 9.59 Å². The average molecular weight is 594 g/mol. The Bertz CT molecular complexity index is 1570. The number of benzene rings is 1. The van der Waals surface area contributed by atoms with E-state index < -0.39 is 23.5 Å². The van der Waals surface area contributed by atoms with Crippen molar-refractivity contribution in [3.63, 3.8) is 0 Å². The predicted molar refractivity (Wildman–Crippen MR) is 155 cm³/mol. The van der Waals surface area contributed by atoms with Crippen LogP contribution < -0.4 is 15.4 Å². The fourth-order valence-corrected chi connectivity index (χ4v) is 4.35. The monoisotopic (exact) mass is 593 g/mol. The molecule has 12 nitrogen and oxygen atoms in total. The van der Waals surface area contributed by atoms with Crippen LogP contribution in [0, 0.1) is 18.3 Å². The minimum atomic E-state index is -0.616. The molecule has 220 valence electrons. The number of nitrogens with one attached hydrogen (secondary N) is 2. The number of carbonyl (C=O) groups is 3. The Morgan fingerprint density at radius 3 is 2.50 bits per heavy atom. The van der Waals surface area contributed by atoms with Crippen molar-refractivity contribution in [2.45, 2.75) is 59.3 Å². The zero-order chi connectivity index (χ0) is 30.8. The van der Waals surface area contributed by atoms with Crippen LogP contribution in [0.4, 0.5) is 10.5 Å². The van der Waals surface area contributed by atoms with E-state index in [1.807, 2.05) is 19.9 Å². The van der Waals surface area contributed by atoms with Gasteiger partial charge in [-0.15, -0.1) is 5.10 Å². The second kappa shape index (κ2) is 12.1. The summed E-state index contributed by atoms with van der Waals surface area (Å²) in [6, 6.07) is 9.56. The maximum Gasteiger partial charge on any atom is 0.410 e. The topological polar surface area (TPSA) is 151 Å². The summed E-state index contributed by atoms with van der Waals surface area (Å²) < 4.78 is 12.6. The third-order valence-corrected chi connectivity index (χ3v) is 6.31. The molecule has 1 fully saturated rings. The van der Waals surface area contributed by atoms with E-state index in [1.54, 1.807) is 45.9 Å². The number of pyridine rings is 1. The Labute approximate surface area is 248 Å². The number of halogens is 1. The Kier molecular flexibility index (Phi) is 8.72. The molecule has 3 amide bonds. The first kappa shape index (κ1) is 30.3. The summed E-state index contributed by atoms with van der Waals surface area (Å²) in [5, 5.41) is 19.7. The van der Waals surface area contributed by atoms with Crippen molar-refractivity contribution in [3.05, 3.63) is 63.9 Å². The number of hydrogen-bond acceptors (Lipinski definition) is 8. The molecule has 1 aliphatic heterocycles. The van der Waals surface area contributed by atoms with Gasteiger partial charge in [-0.25, -0.2) is 14.5 Å². The maximum absolute atomic E-state index is 13.7. The highest BCUT2D eigenvalue weighted by Crippen LogP contribution is 2.28. The van der Waals surface area contributed by atoms with Crippen molar-refractivity contribution in [2.24, 2.45) is 0 Å². The number of nitriles is 1. The molecule has 42 heavy (non-hydrogen) atoms. The van der Waals surface area contributed by atoms with E-state index in [0.717, 1.165) is 0 Å². The molecule has 2 N–H and O–H groups in total. The third-order valence-electron chi connectivity index (χ3n) is 6.01. The van der Waals surface area contributed by atoms with E-state index in [-0.39, 0.29) is 64.5 Å². The quantitative estimate of drug-likeness (QED) is 0.406. The van der Waals surface area contributed by atoms with E-state index >= 15 is 0 Å². The highest BCUT2D eigenvalue weighted by Gasteiger charge is 2.36. The summed E-state index contributed by atoms with van der Waals surface area (Å²) >= 11 is 6.39. The smallest absolute Gasteiger partial charge is 0.410 e. The Hall–Kier alpha value is -4.63. The highest BCUT2D eigenvalue weighted by atomic mass is 35.5. The highest BCUT2D eigenvalue weighted by molar-refractivity contribution is 6.32. The minimum absolute atomic E-state index is 0.0351. The van der Waals surface area contributed by atoms with Crippen molar-refractivity contribution in [2.75, 3.05) is 18.4 Å². The summed E-state index contributed by atoms with van der Waals surface area (Å²) in [5.74, 6) is -0.748. The molecule has 1 aromatic carbocycles. The zero-order valence-electron chi connectivity index (χ0n) is 24.2. The molecule has 0 saturated carbocycles. The van der Waals surface area contributed by atoms with E-state index in [0.29, 0.717) is 5.56 Å². The average Bonchev–Trinajstić information content (AvgIpc) is 3.29. The predicted octanol–water partition coefficient (Wildman–Crippen LogP) is 4.49. The third kappa shape index (κ3) is 6.98. The second-order valence-electron chi connectivity index (χ2n) is 11.1. The molecule has 2 aromatic heterocycles. The fraction of sp³-hybridized carbons (Fsp3) is 0.379. The molecule has 1 aliphatic rings. The molecular weight excluding hydrogens is 562 g/mol. The summed E-state index contributed by atoms with van der Waals surface area (Å²) in [6.45, 7) is 11.3. The van der Waals surface area contributed by atoms with Gasteiger partial charge >= 0.3 is 6.09 Å². The van der Waals surface area contributed by atoms with Crippen LogP contribution in [0.2, 0.25) is 5.02 Å². The minimum Gasteiger partial charge on any atom is -0.469 e. The van der Waals surface area contributed by atoms with Gasteiger partial charge in [0.05, 0.1) is 41.0 Å². The van der Waals surface area contributed by atoms with E-state index in [1.165, 1.54) is 27.9 Å². The lowest BCUT2D eigenvalue weighted by Gasteiger charge is -2.38. The van der Waals surface area contributed by atoms with E-state index in [4.69, 9.17) is 21.1 Å². The van der Waals surface area contributed by atoms with Crippen LogP contribution >= 0.6 is 11.6 Å². The van der Waals surface area contributed by atoms with Crippen molar-refractivity contribution in [1.29, 1.82) is 5.26 Å². The summed E-state index contributed by atoms with van der Waals surface area (Å²) in [4.78, 5) is 44.8. The number of carbonyl (C=O) groups excluding carboxylic acids is 3. The molecule has 0 bridgehead atoms. The molecule has 0 radical (unpaired) electrons. The molecule has 13 heteroatoms. The number of amides is 3. The number of likely N-dealkylation sites (tertiary alicyclic amines) is 1. The largest absolute Gasteiger partial charge is 0.469 e. The summed E-state index contributed by atoms with van der Waals surface area (Å²) in [5.41, 5.74) is 0.602. The number of nitrogens with zero attached hydrogens (tertiary/aromatic N) is 5. The van der Waals surface area contributed by atoms with Crippen molar-refractivity contribution >= 4 is 35.2 Å². The molecule has 0 aliphatic carbocycles. The number of anilines is 1. The molecule has 0 spiro atoms. The number of rotatable bonds is 7. The summed E-state index contributed by atoms with van der Waals surface area (Å²) in [7, 11) is 0. The zero-order valence-corrected chi connectivity index (χ0v) is 24.9. The standard InChI is InChI=1S/C29H32ClN7O5/c1-16(2)33-26(38)20-11-18(13-31)10-17(3)24(20)34-27(39)22-12-23(35-37(22)25-21(30)8-7-9-32-25)41-19-14-36(15-19)28(40)42-29(4,5)6/h7-12,16,19H,14-15H2,1-6H3,(H,33,38)(H,34,39). The molecule has 4 rings (SSSR count). The molecule has 0 unspecified atom stereocenters. The SMILES string of the molecule is Cc1cc(C#N)cc(C(=O)NC(C)C)c1NC(=O)c1cc(OC2CN(C(=O)OC(C)(C)C)C2)nn1-c1ncccc1Cl. The lowest BCUT2D eigenvalue weighted by Crippen LogP contribution is -2.57. The maximum atomic E-state index is 13.7. The molecule has 3 heterocycles. The van der Waals surface area contributed by atoms with E-state index in [2.05, 4.69) is 20.7 Å². The van der Waals surface area contributed by atoms with Crippen molar-refractivity contribution in [1.82, 2.24) is 25.0 Å². The van der Waals surface area contributed by atoms with Crippen LogP contribution in [0.3, 0.4) is 0 Å². The van der Waals surface area contributed by atoms with Crippen molar-refractivity contribution < 1.29 is 23.9 Å². The molecule has 1 saturated heterocycles. The summed E-state index contributed by atoms with van der Waals surface area (Å²) in [6.07, 6.45) is 0.695. The second-order valence-corrected chi connectivity index (χ2v) is 11.5. The number of ether oxygens (including phenoxy) is 2. The van der Waals surface area contributed by atoms with Crippen LogP contribution in [0.15, 0.2) is 36.5 Å². The number of aromatic nitrogens is 3. The van der Waals surface area contributed by atoms with Crippen molar-refractivity contribution in [3.8, 4) is 17.8 Å². The van der Waals surface area contributed by atoms with Gasteiger partial charge in [-0.1, -0.05) is 11.6 Å². The van der Waals surface area contributed by atoms with Crippen LogP contribution in [-0.2, 0) is 4.74 Å². The number of hydrogen-bond donors (Lipinski definition) is 2. The van der Waals surface area contributed by atoms with Gasteiger partial charge in [0.1, 0.15) is 17.4 Å².